The Morgan fingerprint density at radius 3 is 2.52 bits per heavy atom. The van der Waals surface area contributed by atoms with Crippen molar-refractivity contribution in [3.63, 3.8) is 0 Å². The molecule has 1 rings (SSSR count). The summed E-state index contributed by atoms with van der Waals surface area (Å²) in [4.78, 5) is 0. The number of hydrogen-bond donors (Lipinski definition) is 0. The molecule has 0 aliphatic heterocycles. The minimum atomic E-state index is 0.818. The number of alkyl halides is 1. The van der Waals surface area contributed by atoms with Gasteiger partial charge in [-0.15, -0.1) is 11.6 Å². The highest BCUT2D eigenvalue weighted by Gasteiger charge is 2.23. The lowest BCUT2D eigenvalue weighted by Gasteiger charge is -2.14. The van der Waals surface area contributed by atoms with E-state index in [1.54, 1.807) is 0 Å². The maximum Gasteiger partial charge on any atom is 0.0223 e. The van der Waals surface area contributed by atoms with Crippen LogP contribution < -0.4 is 0 Å². The van der Waals surface area contributed by atoms with Gasteiger partial charge in [0.1, 0.15) is 0 Å². The normalized spacial score (nSPS) is 22.8. The van der Waals surface area contributed by atoms with Crippen molar-refractivity contribution in [3.8, 4) is 0 Å². The van der Waals surface area contributed by atoms with E-state index in [1.807, 2.05) is 0 Å². The van der Waals surface area contributed by atoms with E-state index >= 15 is 0 Å². The molecule has 1 heteroatoms. The molecule has 0 unspecified atom stereocenters. The van der Waals surface area contributed by atoms with Gasteiger partial charge in [0.2, 0.25) is 0 Å². The Morgan fingerprint density at radius 2 is 1.71 bits per heavy atom. The van der Waals surface area contributed by atoms with Crippen LogP contribution in [-0.2, 0) is 0 Å². The van der Waals surface area contributed by atoms with Gasteiger partial charge >= 0.3 is 0 Å². The molecule has 0 aromatic rings. The number of unbranched alkanes of at least 4 members (excludes halogenated alkanes) is 6. The topological polar surface area (TPSA) is 0 Å². The molecule has 1 fully saturated rings. The Balaban J connectivity index is 2.14. The number of rotatable bonds is 12. The van der Waals surface area contributed by atoms with E-state index in [0.717, 1.165) is 17.7 Å². The Morgan fingerprint density at radius 1 is 0.905 bits per heavy atom. The van der Waals surface area contributed by atoms with E-state index in [2.05, 4.69) is 31.2 Å². The molecule has 122 valence electrons. The third-order valence-electron chi connectivity index (χ3n) is 4.69. The highest BCUT2D eigenvalue weighted by Crippen LogP contribution is 2.35. The van der Waals surface area contributed by atoms with Crippen LogP contribution in [0.25, 0.3) is 0 Å². The van der Waals surface area contributed by atoms with Gasteiger partial charge in [-0.2, -0.15) is 0 Å². The summed E-state index contributed by atoms with van der Waals surface area (Å²) in [5, 5.41) is 0. The highest BCUT2D eigenvalue weighted by atomic mass is 35.5. The first-order chi connectivity index (χ1) is 10.4. The predicted octanol–water partition coefficient (Wildman–Crippen LogP) is 7.28. The second kappa shape index (κ2) is 13.4. The van der Waals surface area contributed by atoms with Crippen LogP contribution in [0.1, 0.15) is 84.0 Å². The molecule has 0 radical (unpaired) electrons. The molecule has 1 aliphatic carbocycles. The van der Waals surface area contributed by atoms with Gasteiger partial charge in [-0.3, -0.25) is 0 Å². The molecule has 0 aromatic carbocycles. The number of allylic oxidation sites excluding steroid dienone is 4. The van der Waals surface area contributed by atoms with E-state index in [4.69, 9.17) is 11.6 Å². The smallest absolute Gasteiger partial charge is 0.0223 e. The standard InChI is InChI=1S/C20H35Cl/c1-2-3-4-5-7-10-14-19-16-13-17-20(19)15-11-8-6-9-12-18-21/h7,10-11,15,19-20H,2-6,8-9,12-14,16-18H2,1H3/b10-7-,15-11+/t19-,20-/m0/s1. The quantitative estimate of drug-likeness (QED) is 0.202. The van der Waals surface area contributed by atoms with Crippen molar-refractivity contribution >= 4 is 11.6 Å². The lowest BCUT2D eigenvalue weighted by atomic mass is 9.92. The van der Waals surface area contributed by atoms with Gasteiger partial charge in [0.15, 0.2) is 0 Å². The molecular weight excluding hydrogens is 276 g/mol. The third kappa shape index (κ3) is 9.40. The first-order valence-corrected chi connectivity index (χ1v) is 9.79. The van der Waals surface area contributed by atoms with Crippen molar-refractivity contribution in [1.29, 1.82) is 0 Å². The number of hydrogen-bond acceptors (Lipinski definition) is 0. The second-order valence-electron chi connectivity index (χ2n) is 6.52. The van der Waals surface area contributed by atoms with E-state index in [-0.39, 0.29) is 0 Å². The molecule has 0 aromatic heterocycles. The molecular formula is C20H35Cl. The Hall–Kier alpha value is -0.230. The van der Waals surface area contributed by atoms with Gasteiger partial charge in [-0.1, -0.05) is 56.9 Å². The predicted molar refractivity (Wildman–Crippen MR) is 97.1 cm³/mol. The fourth-order valence-corrected chi connectivity index (χ4v) is 3.51. The maximum absolute atomic E-state index is 5.70. The Kier molecular flexibility index (Phi) is 12.0. The van der Waals surface area contributed by atoms with Crippen LogP contribution in [0.2, 0.25) is 0 Å². The summed E-state index contributed by atoms with van der Waals surface area (Å²) >= 11 is 5.70. The molecule has 1 aliphatic rings. The zero-order valence-corrected chi connectivity index (χ0v) is 14.8. The second-order valence-corrected chi connectivity index (χ2v) is 6.90. The van der Waals surface area contributed by atoms with Crippen molar-refractivity contribution in [3.05, 3.63) is 24.3 Å². The molecule has 2 atom stereocenters. The number of halogens is 1. The molecule has 1 saturated carbocycles. The maximum atomic E-state index is 5.70. The van der Waals surface area contributed by atoms with Gasteiger partial charge < -0.3 is 0 Å². The van der Waals surface area contributed by atoms with Gasteiger partial charge in [-0.25, -0.2) is 0 Å². The monoisotopic (exact) mass is 310 g/mol. The summed E-state index contributed by atoms with van der Waals surface area (Å²) < 4.78 is 0. The average Bonchev–Trinajstić information content (AvgIpc) is 2.94. The fourth-order valence-electron chi connectivity index (χ4n) is 3.32. The Labute approximate surface area is 138 Å². The molecule has 0 spiro atoms. The van der Waals surface area contributed by atoms with Gasteiger partial charge in [0, 0.05) is 5.88 Å². The van der Waals surface area contributed by atoms with E-state index in [1.165, 1.54) is 77.0 Å². The van der Waals surface area contributed by atoms with Crippen molar-refractivity contribution in [2.45, 2.75) is 84.0 Å². The molecule has 0 nitrogen and oxygen atoms in total. The third-order valence-corrected chi connectivity index (χ3v) is 4.95. The van der Waals surface area contributed by atoms with Crippen LogP contribution >= 0.6 is 11.6 Å². The fraction of sp³-hybridized carbons (Fsp3) is 0.800. The minimum absolute atomic E-state index is 0.818. The van der Waals surface area contributed by atoms with Gasteiger partial charge in [0.25, 0.3) is 0 Å². The summed E-state index contributed by atoms with van der Waals surface area (Å²) in [6.45, 7) is 2.27. The summed E-state index contributed by atoms with van der Waals surface area (Å²) in [7, 11) is 0. The highest BCUT2D eigenvalue weighted by molar-refractivity contribution is 6.17. The van der Waals surface area contributed by atoms with Crippen LogP contribution in [0.4, 0.5) is 0 Å². The van der Waals surface area contributed by atoms with Crippen LogP contribution in [0.15, 0.2) is 24.3 Å². The molecule has 0 amide bonds. The first kappa shape index (κ1) is 18.8. The summed E-state index contributed by atoms with van der Waals surface area (Å²) in [5.74, 6) is 2.57. The first-order valence-electron chi connectivity index (χ1n) is 9.26. The zero-order chi connectivity index (χ0) is 15.2. The van der Waals surface area contributed by atoms with E-state index < -0.39 is 0 Å². The van der Waals surface area contributed by atoms with Crippen LogP contribution in [0.5, 0.6) is 0 Å². The summed E-state index contributed by atoms with van der Waals surface area (Å²) in [6.07, 6.45) is 25.7. The largest absolute Gasteiger partial charge is 0.127 e. The van der Waals surface area contributed by atoms with Gasteiger partial charge in [0.05, 0.1) is 0 Å². The Bertz CT molecular complexity index is 280. The molecule has 0 heterocycles. The molecule has 0 saturated heterocycles. The zero-order valence-electron chi connectivity index (χ0n) is 14.0. The van der Waals surface area contributed by atoms with E-state index in [0.29, 0.717) is 0 Å². The summed E-state index contributed by atoms with van der Waals surface area (Å²) in [6, 6.07) is 0. The minimum Gasteiger partial charge on any atom is -0.127 e. The lowest BCUT2D eigenvalue weighted by Crippen LogP contribution is -2.03. The van der Waals surface area contributed by atoms with E-state index in [9.17, 15) is 0 Å². The van der Waals surface area contributed by atoms with Crippen molar-refractivity contribution < 1.29 is 0 Å². The van der Waals surface area contributed by atoms with Crippen LogP contribution in [0.3, 0.4) is 0 Å². The molecule has 0 bridgehead atoms. The van der Waals surface area contributed by atoms with Crippen LogP contribution in [-0.4, -0.2) is 5.88 Å². The van der Waals surface area contributed by atoms with Crippen LogP contribution in [0, 0.1) is 11.8 Å². The summed E-state index contributed by atoms with van der Waals surface area (Å²) in [5.41, 5.74) is 0. The van der Waals surface area contributed by atoms with Crippen molar-refractivity contribution in [2.24, 2.45) is 11.8 Å². The lowest BCUT2D eigenvalue weighted by molar-refractivity contribution is 0.462. The van der Waals surface area contributed by atoms with Crippen molar-refractivity contribution in [2.75, 3.05) is 5.88 Å². The average molecular weight is 311 g/mol. The van der Waals surface area contributed by atoms with Gasteiger partial charge in [-0.05, 0) is 63.2 Å². The molecule has 0 N–H and O–H groups in total. The molecule has 21 heavy (non-hydrogen) atoms. The van der Waals surface area contributed by atoms with Crippen molar-refractivity contribution in [1.82, 2.24) is 0 Å². The SMILES string of the molecule is CCCCC/C=C\C[C@H]1CCC[C@@H]1/C=C/CCCCCCl.